The van der Waals surface area contributed by atoms with Gasteiger partial charge in [-0.2, -0.15) is 0 Å². The summed E-state index contributed by atoms with van der Waals surface area (Å²) in [6, 6.07) is 3.08. The first-order valence-corrected chi connectivity index (χ1v) is 28.7. The molecule has 0 bridgehead atoms. The van der Waals surface area contributed by atoms with Gasteiger partial charge in [-0.05, 0) is 302 Å². The number of hydrogen-bond donors (Lipinski definition) is 0. The molecule has 5 rings (SSSR count). The average Bonchev–Trinajstić information content (AvgIpc) is 1.34. The predicted molar refractivity (Wildman–Crippen MR) is 332 cm³/mol. The molecule has 4 saturated carbocycles. The summed E-state index contributed by atoms with van der Waals surface area (Å²) in [5.74, 6) is 76.5. The number of carbonyl (C=O) groups is 6. The van der Waals surface area contributed by atoms with E-state index in [9.17, 15) is 28.8 Å². The van der Waals surface area contributed by atoms with Crippen LogP contribution in [0.25, 0.3) is 0 Å². The van der Waals surface area contributed by atoms with Crippen LogP contribution in [0.2, 0.25) is 0 Å². The van der Waals surface area contributed by atoms with Crippen LogP contribution >= 0.6 is 0 Å². The monoisotopic (exact) mass is 1200 g/mol. The normalized spacial score (nSPS) is 20.1. The summed E-state index contributed by atoms with van der Waals surface area (Å²) in [4.78, 5) is 77.4. The van der Waals surface area contributed by atoms with Crippen LogP contribution in [0.4, 0.5) is 4.79 Å². The number of rotatable bonds is 16. The molecule has 0 amide bonds. The summed E-state index contributed by atoms with van der Waals surface area (Å²) in [6.45, 7) is 10.1. The molecule has 0 saturated heterocycles. The minimum atomic E-state index is -1.36. The lowest BCUT2D eigenvalue weighted by molar-refractivity contribution is -0.164. The highest BCUT2D eigenvalue weighted by Gasteiger charge is 2.61. The number of ketones is 1. The topological polar surface area (TPSA) is 176 Å². The SMILES string of the molecule is CC#CC#CC#CC#CC#CC#CC#CC#CC(=O)OCC(COC(=O)C#CC#CC#CC#CC#CC#CC#CC#CC)OC(=O)CC(C)CC(=O)Oc1c(OC)cc(COC(=O)O[C@@H]2CC[C@@]3(C)[C@@H](CC[C@@H]4[C@@H]3CC[C@]3(C)[C@@H](C(C)=O)CC[C@@H]43)C2)cc1OC. The van der Waals surface area contributed by atoms with Crippen molar-refractivity contribution in [3.05, 3.63) is 17.7 Å². The molecule has 0 aromatic heterocycles. The Kier molecular flexibility index (Phi) is 28.7. The third kappa shape index (κ3) is 22.5. The van der Waals surface area contributed by atoms with Crippen LogP contribution in [0, 0.1) is 236 Å². The molecule has 0 radical (unpaired) electrons. The standard InChI is InChI=1S/C76H62O14/c1-9-11-13-15-17-19-21-23-25-27-29-31-33-35-37-39-69(78)85-55-62(56-86-70(79)40-38-36-34-32-30-28-26-24-22-20-18-16-14-12-10-2)88-71(80)49-57(3)50-72(81)90-73-67(83-7)51-59(52-68(73)84-8)54-87-74(82)89-61-45-47-75(5)60(53-61)41-42-63-65-44-43-64(58(4)77)76(65,6)48-46-66(63)75/h51-52,57,60-66H,41-50,53-56H2,1-8H3/t57?,60-,61+,63-,64+,65-,66-,75-,76+/m0/s1. The molecule has 90 heavy (non-hydrogen) atoms. The van der Waals surface area contributed by atoms with E-state index in [0.29, 0.717) is 35.0 Å². The lowest BCUT2D eigenvalue weighted by Gasteiger charge is -2.61. The van der Waals surface area contributed by atoms with Gasteiger partial charge in [0.15, 0.2) is 17.6 Å². The quantitative estimate of drug-likeness (QED) is 0.0527. The van der Waals surface area contributed by atoms with Gasteiger partial charge in [-0.1, -0.05) is 32.6 Å². The van der Waals surface area contributed by atoms with Crippen LogP contribution in [-0.2, 0) is 54.3 Å². The Morgan fingerprint density at radius 3 is 1.44 bits per heavy atom. The molecule has 1 aromatic rings. The van der Waals surface area contributed by atoms with E-state index < -0.39 is 55.3 Å². The maximum Gasteiger partial charge on any atom is 0.508 e. The molecule has 4 aliphatic carbocycles. The number of methoxy groups -OCH3 is 2. The number of fused-ring (bicyclic) bond motifs is 5. The van der Waals surface area contributed by atoms with Gasteiger partial charge in [-0.15, -0.1) is 0 Å². The summed E-state index contributed by atoms with van der Waals surface area (Å²) in [6.07, 6.45) is 6.07. The summed E-state index contributed by atoms with van der Waals surface area (Å²) in [7, 11) is 2.74. The lowest BCUT2D eigenvalue weighted by Crippen LogP contribution is -2.54. The Hall–Kier alpha value is -11.4. The molecule has 4 aliphatic rings. The zero-order chi connectivity index (χ0) is 65.0. The van der Waals surface area contributed by atoms with E-state index in [1.807, 2.05) is 0 Å². The molecule has 14 heteroatoms. The molecule has 450 valence electrons. The van der Waals surface area contributed by atoms with E-state index in [2.05, 4.69) is 203 Å². The molecule has 0 spiro atoms. The summed E-state index contributed by atoms with van der Waals surface area (Å²) in [5.41, 5.74) is 0.735. The highest BCUT2D eigenvalue weighted by Crippen LogP contribution is 2.67. The second-order valence-corrected chi connectivity index (χ2v) is 21.4. The van der Waals surface area contributed by atoms with Crippen LogP contribution in [0.15, 0.2) is 12.1 Å². The minimum Gasteiger partial charge on any atom is -0.493 e. The number of carbonyl (C=O) groups excluding carboxylic acids is 6. The number of ether oxygens (including phenoxy) is 8. The van der Waals surface area contributed by atoms with Crippen molar-refractivity contribution in [1.82, 2.24) is 0 Å². The van der Waals surface area contributed by atoms with Gasteiger partial charge in [0.05, 0.1) is 14.2 Å². The van der Waals surface area contributed by atoms with E-state index in [1.165, 1.54) is 14.2 Å². The van der Waals surface area contributed by atoms with Crippen molar-refractivity contribution in [2.75, 3.05) is 27.4 Å². The van der Waals surface area contributed by atoms with E-state index in [4.69, 9.17) is 37.9 Å². The molecule has 0 N–H and O–H groups in total. The highest BCUT2D eigenvalue weighted by atomic mass is 16.7. The Bertz CT molecular complexity index is 3880. The van der Waals surface area contributed by atoms with Gasteiger partial charge in [0, 0.05) is 30.6 Å². The first-order valence-electron chi connectivity index (χ1n) is 28.7. The third-order valence-corrected chi connectivity index (χ3v) is 15.8. The van der Waals surface area contributed by atoms with Crippen LogP contribution < -0.4 is 14.2 Å². The van der Waals surface area contributed by atoms with Crippen LogP contribution in [0.1, 0.15) is 118 Å². The number of benzene rings is 1. The van der Waals surface area contributed by atoms with E-state index >= 15 is 0 Å². The molecule has 1 aromatic carbocycles. The first-order chi connectivity index (χ1) is 43.5. The third-order valence-electron chi connectivity index (χ3n) is 15.8. The molecule has 9 atom stereocenters. The number of hydrogen-bond acceptors (Lipinski definition) is 14. The number of esters is 4. The van der Waals surface area contributed by atoms with Gasteiger partial charge in [0.1, 0.15) is 31.7 Å². The smallest absolute Gasteiger partial charge is 0.493 e. The Morgan fingerprint density at radius 2 is 0.978 bits per heavy atom. The van der Waals surface area contributed by atoms with Gasteiger partial charge in [0.2, 0.25) is 5.75 Å². The maximum atomic E-state index is 13.4. The molecular weight excluding hydrogens is 1140 g/mol. The van der Waals surface area contributed by atoms with Gasteiger partial charge >= 0.3 is 30.0 Å². The summed E-state index contributed by atoms with van der Waals surface area (Å²) in [5, 5.41) is 0. The van der Waals surface area contributed by atoms with E-state index in [1.54, 1.807) is 39.8 Å². The summed E-state index contributed by atoms with van der Waals surface area (Å²) < 4.78 is 44.2. The minimum absolute atomic E-state index is 0.0502. The van der Waals surface area contributed by atoms with Crippen molar-refractivity contribution < 1.29 is 66.7 Å². The molecule has 0 heterocycles. The van der Waals surface area contributed by atoms with Crippen LogP contribution in [-0.4, -0.2) is 75.5 Å². The molecule has 0 aliphatic heterocycles. The van der Waals surface area contributed by atoms with Crippen molar-refractivity contribution in [3.8, 4) is 207 Å². The fourth-order valence-corrected chi connectivity index (χ4v) is 12.0. The summed E-state index contributed by atoms with van der Waals surface area (Å²) >= 11 is 0. The van der Waals surface area contributed by atoms with Crippen LogP contribution in [0.5, 0.6) is 17.2 Å². The van der Waals surface area contributed by atoms with E-state index in [0.717, 1.165) is 57.8 Å². The lowest BCUT2D eigenvalue weighted by atomic mass is 9.44. The van der Waals surface area contributed by atoms with Crippen molar-refractivity contribution in [2.24, 2.45) is 46.3 Å². The second-order valence-electron chi connectivity index (χ2n) is 21.4. The second kappa shape index (κ2) is 37.2. The largest absolute Gasteiger partial charge is 0.508 e. The van der Waals surface area contributed by atoms with Crippen LogP contribution in [0.3, 0.4) is 0 Å². The number of Topliss-reactive ketones (excluding diaryl/α,β-unsaturated/α-hetero) is 1. The molecule has 1 unspecified atom stereocenters. The van der Waals surface area contributed by atoms with Gasteiger partial charge in [0.25, 0.3) is 0 Å². The maximum absolute atomic E-state index is 13.4. The van der Waals surface area contributed by atoms with Crippen molar-refractivity contribution in [3.63, 3.8) is 0 Å². The van der Waals surface area contributed by atoms with Gasteiger partial charge in [-0.25, -0.2) is 14.4 Å². The van der Waals surface area contributed by atoms with Crippen molar-refractivity contribution in [2.45, 2.75) is 131 Å². The average molecular weight is 1200 g/mol. The fraction of sp³-hybridized carbons (Fsp3) is 0.421. The molecular formula is C76H62O14. The zero-order valence-corrected chi connectivity index (χ0v) is 51.4. The predicted octanol–water partition coefficient (Wildman–Crippen LogP) is 7.39. The Morgan fingerprint density at radius 1 is 0.533 bits per heavy atom. The Balaban J connectivity index is 1.13. The fourth-order valence-electron chi connectivity index (χ4n) is 12.0. The molecule has 4 fully saturated rings. The zero-order valence-electron chi connectivity index (χ0n) is 51.4. The first kappa shape index (κ1) is 69.4. The van der Waals surface area contributed by atoms with Crippen molar-refractivity contribution >= 4 is 35.8 Å². The Labute approximate surface area is 529 Å². The highest BCUT2D eigenvalue weighted by molar-refractivity contribution is 5.90. The van der Waals surface area contributed by atoms with E-state index in [-0.39, 0.29) is 59.5 Å². The van der Waals surface area contributed by atoms with Crippen molar-refractivity contribution in [1.29, 1.82) is 0 Å². The molecule has 14 nitrogen and oxygen atoms in total. The van der Waals surface area contributed by atoms with Gasteiger partial charge < -0.3 is 37.9 Å². The van der Waals surface area contributed by atoms with Gasteiger partial charge in [-0.3, -0.25) is 14.4 Å².